The molecule has 0 saturated carbocycles. The third-order valence-electron chi connectivity index (χ3n) is 1.14. The van der Waals surface area contributed by atoms with E-state index in [1.54, 1.807) is 0 Å². The van der Waals surface area contributed by atoms with Gasteiger partial charge in [-0.2, -0.15) is 8.42 Å². The molecule has 0 aliphatic heterocycles. The third kappa shape index (κ3) is 14.3. The van der Waals surface area contributed by atoms with Crippen molar-refractivity contribution in [3.05, 3.63) is 48.6 Å². The predicted octanol–water partition coefficient (Wildman–Crippen LogP) is 3.80. The normalized spacial score (nSPS) is 9.32. The molecule has 0 aromatic heterocycles. The highest BCUT2D eigenvalue weighted by Crippen LogP contribution is 2.20. The second-order valence-electron chi connectivity index (χ2n) is 4.36. The lowest BCUT2D eigenvalue weighted by Crippen LogP contribution is -1.97. The highest BCUT2D eigenvalue weighted by atomic mass is 32.2. The second kappa shape index (κ2) is 9.35. The summed E-state index contributed by atoms with van der Waals surface area (Å²) in [4.78, 5) is -0.472. The van der Waals surface area contributed by atoms with Crippen LogP contribution >= 0.6 is 0 Å². The molecule has 0 amide bonds. The molecule has 0 saturated heterocycles. The fourth-order valence-electron chi connectivity index (χ4n) is 0.675. The second-order valence-corrected chi connectivity index (χ2v) is 5.75. The van der Waals surface area contributed by atoms with E-state index in [0.29, 0.717) is 0 Å². The first-order valence-corrected chi connectivity index (χ1v) is 6.92. The molecular formula is C14H22O4S. The minimum Gasteiger partial charge on any atom is -0.506 e. The lowest BCUT2D eigenvalue weighted by molar-refractivity contribution is 0.443. The number of benzene rings is 1. The smallest absolute Gasteiger partial charge is 0.298 e. The molecule has 0 spiro atoms. The van der Waals surface area contributed by atoms with Crippen molar-refractivity contribution in [1.29, 1.82) is 0 Å². The zero-order valence-corrected chi connectivity index (χ0v) is 12.7. The number of hydrogen-bond acceptors (Lipinski definition) is 3. The molecule has 4 nitrogen and oxygen atoms in total. The minimum absolute atomic E-state index is 0.449. The zero-order chi connectivity index (χ0) is 15.6. The Morgan fingerprint density at radius 1 is 1.00 bits per heavy atom. The summed E-state index contributed by atoms with van der Waals surface area (Å²) in [5.41, 5.74) is 2.33. The fraction of sp³-hybridized carbons (Fsp3) is 0.286. The molecule has 1 aromatic carbocycles. The first-order chi connectivity index (χ1) is 8.48. The van der Waals surface area contributed by atoms with E-state index in [0.717, 1.165) is 6.07 Å². The van der Waals surface area contributed by atoms with Crippen LogP contribution in [0.4, 0.5) is 0 Å². The molecule has 108 valence electrons. The summed E-state index contributed by atoms with van der Waals surface area (Å²) in [5.74, 6) is -0.449. The van der Waals surface area contributed by atoms with Gasteiger partial charge in [0.15, 0.2) is 0 Å². The summed E-state index contributed by atoms with van der Waals surface area (Å²) in [7, 11) is -4.28. The molecule has 19 heavy (non-hydrogen) atoms. The molecule has 0 heterocycles. The van der Waals surface area contributed by atoms with Crippen molar-refractivity contribution in [2.24, 2.45) is 0 Å². The third-order valence-corrected chi connectivity index (χ3v) is 2.04. The number of phenolic OH excluding ortho intramolecular Hbond substituents is 1. The molecule has 0 aliphatic rings. The van der Waals surface area contributed by atoms with E-state index in [1.165, 1.54) is 29.3 Å². The highest BCUT2D eigenvalue weighted by molar-refractivity contribution is 7.86. The first-order valence-electron chi connectivity index (χ1n) is 5.48. The van der Waals surface area contributed by atoms with Crippen LogP contribution in [0.5, 0.6) is 5.75 Å². The van der Waals surface area contributed by atoms with Gasteiger partial charge < -0.3 is 5.11 Å². The van der Waals surface area contributed by atoms with Crippen molar-refractivity contribution in [2.45, 2.75) is 32.6 Å². The Hall–Kier alpha value is -1.59. The molecule has 5 heteroatoms. The van der Waals surface area contributed by atoms with Gasteiger partial charge in [-0.25, -0.2) is 0 Å². The lowest BCUT2D eigenvalue weighted by Gasteiger charge is -1.97. The van der Waals surface area contributed by atoms with Crippen molar-refractivity contribution in [2.75, 3.05) is 0 Å². The summed E-state index contributed by atoms with van der Waals surface area (Å²) in [6.45, 7) is 15.0. The van der Waals surface area contributed by atoms with E-state index in [4.69, 9.17) is 9.66 Å². The van der Waals surface area contributed by atoms with E-state index in [9.17, 15) is 8.42 Å². The molecule has 0 bridgehead atoms. The van der Waals surface area contributed by atoms with Gasteiger partial charge in [-0.1, -0.05) is 23.3 Å². The van der Waals surface area contributed by atoms with E-state index in [-0.39, 0.29) is 0 Å². The van der Waals surface area contributed by atoms with Crippen LogP contribution in [-0.4, -0.2) is 18.1 Å². The van der Waals surface area contributed by atoms with Crippen molar-refractivity contribution >= 4 is 10.1 Å². The van der Waals surface area contributed by atoms with E-state index in [2.05, 4.69) is 13.2 Å². The van der Waals surface area contributed by atoms with Crippen LogP contribution in [0.25, 0.3) is 0 Å². The maximum absolute atomic E-state index is 10.4. The van der Waals surface area contributed by atoms with Gasteiger partial charge in [0.05, 0.1) is 0 Å². The molecule has 0 radical (unpaired) electrons. The van der Waals surface area contributed by atoms with Crippen LogP contribution in [0.2, 0.25) is 0 Å². The lowest BCUT2D eigenvalue weighted by atomic mass is 10.3. The Kier molecular flexibility index (Phi) is 9.72. The fourth-order valence-corrected chi connectivity index (χ4v) is 1.26. The van der Waals surface area contributed by atoms with E-state index < -0.39 is 20.8 Å². The number of hydrogen-bond donors (Lipinski definition) is 2. The molecule has 1 aromatic rings. The molecular weight excluding hydrogens is 264 g/mol. The van der Waals surface area contributed by atoms with Crippen LogP contribution in [0.3, 0.4) is 0 Å². The van der Waals surface area contributed by atoms with Crippen LogP contribution in [-0.2, 0) is 10.1 Å². The summed E-state index contributed by atoms with van der Waals surface area (Å²) >= 11 is 0. The quantitative estimate of drug-likeness (QED) is 0.608. The van der Waals surface area contributed by atoms with Crippen molar-refractivity contribution in [1.82, 2.24) is 0 Å². The van der Waals surface area contributed by atoms with Crippen LogP contribution < -0.4 is 0 Å². The van der Waals surface area contributed by atoms with Gasteiger partial charge in [0.25, 0.3) is 10.1 Å². The summed E-state index contributed by atoms with van der Waals surface area (Å²) in [5, 5.41) is 8.91. The maximum Gasteiger partial charge on any atom is 0.298 e. The molecule has 0 unspecified atom stereocenters. The van der Waals surface area contributed by atoms with Gasteiger partial charge in [-0.15, -0.1) is 13.2 Å². The van der Waals surface area contributed by atoms with Gasteiger partial charge in [0.2, 0.25) is 0 Å². The van der Waals surface area contributed by atoms with E-state index >= 15 is 0 Å². The van der Waals surface area contributed by atoms with E-state index in [1.807, 2.05) is 27.7 Å². The average Bonchev–Trinajstić information content (AvgIpc) is 2.14. The Morgan fingerprint density at radius 2 is 1.32 bits per heavy atom. The Balaban J connectivity index is 0. The number of allylic oxidation sites excluding steroid dienone is 2. The van der Waals surface area contributed by atoms with Crippen molar-refractivity contribution in [3.8, 4) is 5.75 Å². The van der Waals surface area contributed by atoms with Crippen LogP contribution in [0.1, 0.15) is 27.7 Å². The van der Waals surface area contributed by atoms with Gasteiger partial charge in [-0.3, -0.25) is 4.55 Å². The molecule has 0 aliphatic carbocycles. The van der Waals surface area contributed by atoms with Crippen molar-refractivity contribution in [3.63, 3.8) is 0 Å². The SMILES string of the molecule is C=C(C)C.C=C(C)C.O=S(=O)(O)c1ccccc1O. The monoisotopic (exact) mass is 286 g/mol. The standard InChI is InChI=1S/C6H6O4S.2C4H8/c7-5-3-1-2-4-6(5)11(8,9)10;2*1-4(2)3/h1-4,7H,(H,8,9,10);2*1H2,2-3H3. The van der Waals surface area contributed by atoms with Crippen LogP contribution in [0.15, 0.2) is 53.5 Å². The predicted molar refractivity (Wildman–Crippen MR) is 78.9 cm³/mol. The minimum atomic E-state index is -4.28. The first kappa shape index (κ1) is 19.7. The number of para-hydroxylation sites is 1. The van der Waals surface area contributed by atoms with Gasteiger partial charge in [-0.05, 0) is 39.8 Å². The molecule has 0 atom stereocenters. The van der Waals surface area contributed by atoms with Gasteiger partial charge >= 0.3 is 0 Å². The zero-order valence-electron chi connectivity index (χ0n) is 11.8. The number of phenols is 1. The summed E-state index contributed by atoms with van der Waals surface area (Å²) < 4.78 is 29.4. The topological polar surface area (TPSA) is 74.6 Å². The Labute approximate surface area is 115 Å². The Morgan fingerprint density at radius 3 is 1.53 bits per heavy atom. The summed E-state index contributed by atoms with van der Waals surface area (Å²) in [6.07, 6.45) is 0. The largest absolute Gasteiger partial charge is 0.506 e. The molecule has 1 rings (SSSR count). The molecule has 0 fully saturated rings. The number of aromatic hydroxyl groups is 1. The summed E-state index contributed by atoms with van der Waals surface area (Å²) in [6, 6.07) is 5.17. The molecule has 2 N–H and O–H groups in total. The Bertz CT molecular complexity index is 496. The van der Waals surface area contributed by atoms with Crippen molar-refractivity contribution < 1.29 is 18.1 Å². The van der Waals surface area contributed by atoms with Crippen LogP contribution in [0, 0.1) is 0 Å². The van der Waals surface area contributed by atoms with Gasteiger partial charge in [0.1, 0.15) is 10.6 Å². The average molecular weight is 286 g/mol. The highest BCUT2D eigenvalue weighted by Gasteiger charge is 2.12. The number of rotatable bonds is 1. The van der Waals surface area contributed by atoms with Gasteiger partial charge in [0, 0.05) is 0 Å². The maximum atomic E-state index is 10.4.